The van der Waals surface area contributed by atoms with E-state index in [-0.39, 0.29) is 11.4 Å². The predicted molar refractivity (Wildman–Crippen MR) is 121 cm³/mol. The molecule has 17 heteroatoms. The summed E-state index contributed by atoms with van der Waals surface area (Å²) in [5, 5.41) is 17.5. The minimum atomic E-state index is -5.08. The van der Waals surface area contributed by atoms with E-state index >= 15 is 0 Å². The van der Waals surface area contributed by atoms with Crippen LogP contribution in [0.4, 0.5) is 46.6 Å². The van der Waals surface area contributed by atoms with Crippen molar-refractivity contribution < 1.29 is 54.9 Å². The van der Waals surface area contributed by atoms with Gasteiger partial charge in [-0.3, -0.25) is 4.98 Å². The van der Waals surface area contributed by atoms with Crippen molar-refractivity contribution in [2.75, 3.05) is 5.32 Å². The lowest BCUT2D eigenvalue weighted by atomic mass is 10.1. The number of carboxylic acids is 2. The van der Waals surface area contributed by atoms with Gasteiger partial charge in [0.2, 0.25) is 0 Å². The number of fused-ring (bicyclic) bond motifs is 5. The number of carbonyl (C=O) groups is 2. The van der Waals surface area contributed by atoms with Crippen LogP contribution < -0.4 is 5.32 Å². The molecule has 0 radical (unpaired) electrons. The van der Waals surface area contributed by atoms with Gasteiger partial charge in [-0.2, -0.15) is 26.3 Å². The van der Waals surface area contributed by atoms with Crippen LogP contribution in [-0.2, 0) is 9.59 Å². The number of H-pyrrole nitrogens is 1. The first-order valence-corrected chi connectivity index (χ1v) is 10.4. The molecule has 5 rings (SSSR count). The number of hydrogen-bond donors (Lipinski definition) is 4. The second-order valence-electron chi connectivity index (χ2n) is 7.46. The largest absolute Gasteiger partial charge is 0.490 e. The molecule has 0 aliphatic carbocycles. The molecule has 0 saturated carbocycles. The van der Waals surface area contributed by atoms with E-state index in [0.717, 1.165) is 16.8 Å². The first kappa shape index (κ1) is 29.5. The zero-order valence-corrected chi connectivity index (χ0v) is 19.3. The summed E-state index contributed by atoms with van der Waals surface area (Å²) in [7, 11) is 0. The third-order valence-electron chi connectivity index (χ3n) is 4.79. The summed E-state index contributed by atoms with van der Waals surface area (Å²) >= 11 is 0. The molecule has 4 heterocycles. The molecule has 0 unspecified atom stereocenters. The number of alkyl halides is 6. The molecule has 0 amide bonds. The molecule has 0 bridgehead atoms. The van der Waals surface area contributed by atoms with Crippen LogP contribution in [0.5, 0.6) is 0 Å². The molecule has 1 aliphatic rings. The minimum Gasteiger partial charge on any atom is -0.475 e. The Morgan fingerprint density at radius 1 is 0.800 bits per heavy atom. The summed E-state index contributed by atoms with van der Waals surface area (Å²) in [5.41, 5.74) is 3.26. The van der Waals surface area contributed by atoms with Crippen molar-refractivity contribution in [1.29, 1.82) is 0 Å². The summed E-state index contributed by atoms with van der Waals surface area (Å²) in [6, 6.07) is 9.20. The fourth-order valence-electron chi connectivity index (χ4n) is 3.13. The molecule has 1 aromatic carbocycles. The van der Waals surface area contributed by atoms with Gasteiger partial charge in [-0.1, -0.05) is 6.07 Å². The zero-order valence-electron chi connectivity index (χ0n) is 19.3. The van der Waals surface area contributed by atoms with Gasteiger partial charge in [0.15, 0.2) is 0 Å². The highest BCUT2D eigenvalue weighted by Gasteiger charge is 2.38. The van der Waals surface area contributed by atoms with Gasteiger partial charge in [-0.05, 0) is 30.3 Å². The molecule has 0 spiro atoms. The third kappa shape index (κ3) is 6.66. The normalized spacial score (nSPS) is 11.6. The summed E-state index contributed by atoms with van der Waals surface area (Å²) < 4.78 is 91.9. The number of nitrogens with zero attached hydrogens (tertiary/aromatic N) is 3. The molecule has 0 saturated heterocycles. The van der Waals surface area contributed by atoms with Crippen molar-refractivity contribution in [2.45, 2.75) is 12.4 Å². The Morgan fingerprint density at radius 2 is 1.38 bits per heavy atom. The second-order valence-corrected chi connectivity index (χ2v) is 7.46. The molecule has 9 nitrogen and oxygen atoms in total. The van der Waals surface area contributed by atoms with E-state index in [4.69, 9.17) is 19.8 Å². The molecule has 40 heavy (non-hydrogen) atoms. The fraction of sp³-hybridized carbons (Fsp3) is 0.0870. The van der Waals surface area contributed by atoms with Gasteiger partial charge in [0, 0.05) is 29.7 Å². The number of halogens is 8. The topological polar surface area (TPSA) is 141 Å². The first-order chi connectivity index (χ1) is 18.6. The van der Waals surface area contributed by atoms with E-state index in [1.807, 2.05) is 12.1 Å². The summed E-state index contributed by atoms with van der Waals surface area (Å²) in [6.45, 7) is 0. The maximum absolute atomic E-state index is 14.2. The monoisotopic (exact) mass is 575 g/mol. The molecule has 0 fully saturated rings. The van der Waals surface area contributed by atoms with E-state index < -0.39 is 35.9 Å². The smallest absolute Gasteiger partial charge is 0.475 e. The van der Waals surface area contributed by atoms with E-state index in [1.165, 1.54) is 18.2 Å². The number of nitrogens with one attached hydrogen (secondary N) is 2. The van der Waals surface area contributed by atoms with Crippen molar-refractivity contribution in [1.82, 2.24) is 19.9 Å². The molecule has 1 aliphatic heterocycles. The van der Waals surface area contributed by atoms with Crippen molar-refractivity contribution in [2.24, 2.45) is 0 Å². The quantitative estimate of drug-likeness (QED) is 0.184. The van der Waals surface area contributed by atoms with Gasteiger partial charge < -0.3 is 20.5 Å². The van der Waals surface area contributed by atoms with E-state index in [1.54, 1.807) is 24.7 Å². The van der Waals surface area contributed by atoms with Crippen LogP contribution in [-0.4, -0.2) is 54.4 Å². The minimum absolute atomic E-state index is 0.122. The zero-order chi connectivity index (χ0) is 29.8. The maximum atomic E-state index is 14.2. The highest BCUT2D eigenvalue weighted by atomic mass is 19.4. The van der Waals surface area contributed by atoms with Gasteiger partial charge in [-0.15, -0.1) is 0 Å². The standard InChI is InChI=1S/C19H11F2N5.2C2HF3O2/c20-12-4-1-5-13(21)15(12)19-25-16-10-3-2-7-23-18(10)24-14-6-8-22-9-11(14)17(16)26-19;2*3-2(4,5)1(6)7/h1-9H,(H,23,24)(H,25,26);2*(H,6,7). The maximum Gasteiger partial charge on any atom is 0.490 e. The highest BCUT2D eigenvalue weighted by molar-refractivity contribution is 5.95. The number of aromatic nitrogens is 4. The Kier molecular flexibility index (Phi) is 8.35. The van der Waals surface area contributed by atoms with Gasteiger partial charge >= 0.3 is 24.3 Å². The van der Waals surface area contributed by atoms with Crippen molar-refractivity contribution in [3.63, 3.8) is 0 Å². The molecule has 4 aromatic rings. The lowest BCUT2D eigenvalue weighted by Crippen LogP contribution is -2.21. The molecule has 210 valence electrons. The van der Waals surface area contributed by atoms with Crippen LogP contribution >= 0.6 is 0 Å². The molecular weight excluding hydrogens is 562 g/mol. The highest BCUT2D eigenvalue weighted by Crippen LogP contribution is 2.43. The average molecular weight is 575 g/mol. The second kappa shape index (κ2) is 11.3. The van der Waals surface area contributed by atoms with Gasteiger partial charge in [0.25, 0.3) is 0 Å². The van der Waals surface area contributed by atoms with Crippen molar-refractivity contribution >= 4 is 23.4 Å². The number of benzene rings is 1. The lowest BCUT2D eigenvalue weighted by Gasteiger charge is -2.08. The van der Waals surface area contributed by atoms with E-state index in [2.05, 4.69) is 25.3 Å². The van der Waals surface area contributed by atoms with Crippen LogP contribution in [0, 0.1) is 11.6 Å². The van der Waals surface area contributed by atoms with Crippen LogP contribution in [0.3, 0.4) is 0 Å². The third-order valence-corrected chi connectivity index (χ3v) is 4.79. The number of hydrogen-bond acceptors (Lipinski definition) is 6. The number of anilines is 2. The SMILES string of the molecule is Fc1cccc(F)c1-c1nc2c([nH]1)-c1cnccc1Nc1ncccc1-2.O=C(O)C(F)(F)F.O=C(O)C(F)(F)F. The Balaban J connectivity index is 0.000000263. The molecule has 0 atom stereocenters. The fourth-order valence-corrected chi connectivity index (χ4v) is 3.13. The van der Waals surface area contributed by atoms with E-state index in [0.29, 0.717) is 17.2 Å². The Hall–Kier alpha value is -5.09. The van der Waals surface area contributed by atoms with Crippen molar-refractivity contribution in [3.8, 4) is 33.9 Å². The summed E-state index contributed by atoms with van der Waals surface area (Å²) in [5.74, 6) is -6.13. The Bertz CT molecular complexity index is 1450. The first-order valence-electron chi connectivity index (χ1n) is 10.4. The summed E-state index contributed by atoms with van der Waals surface area (Å²) in [6.07, 6.45) is -5.16. The number of aromatic amines is 1. The number of pyridine rings is 2. The lowest BCUT2D eigenvalue weighted by molar-refractivity contribution is -0.193. The van der Waals surface area contributed by atoms with E-state index in [9.17, 15) is 35.1 Å². The van der Waals surface area contributed by atoms with Gasteiger partial charge in [0.1, 0.15) is 29.0 Å². The Labute approximate surface area is 217 Å². The molecule has 3 aromatic heterocycles. The van der Waals surface area contributed by atoms with Crippen LogP contribution in [0.15, 0.2) is 55.0 Å². The number of imidazole rings is 1. The average Bonchev–Trinajstić information content (AvgIpc) is 3.23. The van der Waals surface area contributed by atoms with Gasteiger partial charge in [0.05, 0.1) is 16.9 Å². The summed E-state index contributed by atoms with van der Waals surface area (Å²) in [4.78, 5) is 33.9. The van der Waals surface area contributed by atoms with Crippen LogP contribution in [0.2, 0.25) is 0 Å². The number of rotatable bonds is 1. The molecular formula is C23H13F8N5O4. The Morgan fingerprint density at radius 3 is 1.93 bits per heavy atom. The van der Waals surface area contributed by atoms with Crippen LogP contribution in [0.1, 0.15) is 0 Å². The van der Waals surface area contributed by atoms with Crippen LogP contribution in [0.25, 0.3) is 33.9 Å². The molecule has 4 N–H and O–H groups in total. The number of carboxylic acid groups (broad SMARTS) is 2. The number of aliphatic carboxylic acids is 2. The predicted octanol–water partition coefficient (Wildman–Crippen LogP) is 5.80. The van der Waals surface area contributed by atoms with Gasteiger partial charge in [-0.25, -0.2) is 28.3 Å². The van der Waals surface area contributed by atoms with Crippen molar-refractivity contribution in [3.05, 3.63) is 66.6 Å².